The number of rotatable bonds is 3. The fourth-order valence-corrected chi connectivity index (χ4v) is 0.516. The van der Waals surface area contributed by atoms with Gasteiger partial charge in [0.1, 0.15) is 0 Å². The smallest absolute Gasteiger partial charge is 0.00224 e. The minimum Gasteiger partial charge on any atom is -0.309 e. The summed E-state index contributed by atoms with van der Waals surface area (Å²) >= 11 is 0. The first-order valence-corrected chi connectivity index (χ1v) is 3.27. The zero-order valence-electron chi connectivity index (χ0n) is 6.85. The van der Waals surface area contributed by atoms with Crippen LogP contribution in [0.2, 0.25) is 0 Å². The zero-order valence-corrected chi connectivity index (χ0v) is 7.66. The second-order valence-electron chi connectivity index (χ2n) is 2.99. The van der Waals surface area contributed by atoms with Crippen LogP contribution in [-0.4, -0.2) is 25.5 Å². The first-order valence-electron chi connectivity index (χ1n) is 3.27. The Morgan fingerprint density at radius 1 is 1.22 bits per heavy atom. The highest BCUT2D eigenvalue weighted by Crippen LogP contribution is 1.98. The van der Waals surface area contributed by atoms with Crippen molar-refractivity contribution in [3.63, 3.8) is 0 Å². The summed E-state index contributed by atoms with van der Waals surface area (Å²) in [6.45, 7) is 5.73. The average Bonchev–Trinajstić information content (AvgIpc) is 1.61. The van der Waals surface area contributed by atoms with E-state index >= 15 is 0 Å². The molecule has 2 heteroatoms. The van der Waals surface area contributed by atoms with Gasteiger partial charge in [0, 0.05) is 0 Å². The van der Waals surface area contributed by atoms with E-state index in [-0.39, 0.29) is 12.4 Å². The monoisotopic (exact) mass is 151 g/mol. The normalized spacial score (nSPS) is 10.0. The minimum absolute atomic E-state index is 0. The van der Waals surface area contributed by atoms with E-state index in [9.17, 15) is 0 Å². The van der Waals surface area contributed by atoms with E-state index in [1.165, 1.54) is 13.0 Å². The van der Waals surface area contributed by atoms with Crippen molar-refractivity contribution in [2.45, 2.75) is 20.3 Å². The molecule has 0 aliphatic carbocycles. The highest BCUT2D eigenvalue weighted by Gasteiger charge is 1.93. The van der Waals surface area contributed by atoms with Gasteiger partial charge in [0.2, 0.25) is 0 Å². The van der Waals surface area contributed by atoms with E-state index in [2.05, 4.69) is 32.8 Å². The lowest BCUT2D eigenvalue weighted by Crippen LogP contribution is -2.14. The van der Waals surface area contributed by atoms with Crippen molar-refractivity contribution < 1.29 is 0 Å². The van der Waals surface area contributed by atoms with Crippen molar-refractivity contribution in [1.82, 2.24) is 4.90 Å². The molecule has 0 aliphatic rings. The fourth-order valence-electron chi connectivity index (χ4n) is 0.516. The van der Waals surface area contributed by atoms with Crippen LogP contribution in [0.25, 0.3) is 0 Å². The summed E-state index contributed by atoms with van der Waals surface area (Å²) in [5.41, 5.74) is 0. The molecule has 0 radical (unpaired) electrons. The Balaban J connectivity index is 0. The molecule has 0 heterocycles. The van der Waals surface area contributed by atoms with Gasteiger partial charge in [0.05, 0.1) is 0 Å². The molecule has 0 saturated heterocycles. The van der Waals surface area contributed by atoms with Crippen LogP contribution in [0.5, 0.6) is 0 Å². The molecule has 0 aromatic rings. The summed E-state index contributed by atoms with van der Waals surface area (Å²) in [4.78, 5) is 2.22. The second kappa shape index (κ2) is 6.37. The van der Waals surface area contributed by atoms with Crippen molar-refractivity contribution in [2.24, 2.45) is 5.92 Å². The van der Waals surface area contributed by atoms with Crippen LogP contribution < -0.4 is 0 Å². The lowest BCUT2D eigenvalue weighted by Gasteiger charge is -2.10. The maximum atomic E-state index is 2.25. The van der Waals surface area contributed by atoms with Crippen molar-refractivity contribution in [3.8, 4) is 0 Å². The molecule has 0 bridgehead atoms. The molecule has 0 rings (SSSR count). The van der Waals surface area contributed by atoms with Crippen LogP contribution in [0.15, 0.2) is 0 Å². The number of hydrogen-bond acceptors (Lipinski definition) is 1. The molecular formula is C7H18ClN. The summed E-state index contributed by atoms with van der Waals surface area (Å²) in [5, 5.41) is 0. The predicted octanol–water partition coefficient (Wildman–Crippen LogP) is 2.02. The Morgan fingerprint density at radius 2 is 1.67 bits per heavy atom. The molecule has 0 spiro atoms. The first-order chi connectivity index (χ1) is 3.63. The lowest BCUT2D eigenvalue weighted by molar-refractivity contribution is 0.369. The van der Waals surface area contributed by atoms with Crippen LogP contribution in [-0.2, 0) is 0 Å². The van der Waals surface area contributed by atoms with Crippen molar-refractivity contribution >= 4 is 12.4 Å². The summed E-state index contributed by atoms with van der Waals surface area (Å²) in [6, 6.07) is 0. The first kappa shape index (κ1) is 12.0. The number of halogens is 1. The molecule has 0 aromatic heterocycles. The van der Waals surface area contributed by atoms with Gasteiger partial charge < -0.3 is 4.90 Å². The highest BCUT2D eigenvalue weighted by molar-refractivity contribution is 5.85. The minimum atomic E-state index is 0. The fraction of sp³-hybridized carbons (Fsp3) is 1.00. The van der Waals surface area contributed by atoms with Crippen LogP contribution in [0.1, 0.15) is 20.3 Å². The van der Waals surface area contributed by atoms with Crippen molar-refractivity contribution in [2.75, 3.05) is 20.6 Å². The molecule has 0 saturated carbocycles. The van der Waals surface area contributed by atoms with Gasteiger partial charge in [-0.05, 0) is 33.0 Å². The SMILES string of the molecule is CC(C)CCN(C)C.Cl. The third kappa shape index (κ3) is 11.7. The average molecular weight is 152 g/mol. The van der Waals surface area contributed by atoms with E-state index in [1.54, 1.807) is 0 Å². The Morgan fingerprint density at radius 3 is 1.78 bits per heavy atom. The molecule has 9 heavy (non-hydrogen) atoms. The third-order valence-corrected chi connectivity index (χ3v) is 1.15. The molecule has 0 amide bonds. The summed E-state index contributed by atoms with van der Waals surface area (Å²) in [7, 11) is 4.23. The molecular weight excluding hydrogens is 134 g/mol. The molecule has 0 fully saturated rings. The summed E-state index contributed by atoms with van der Waals surface area (Å²) in [5.74, 6) is 0.845. The Labute approximate surface area is 64.8 Å². The van der Waals surface area contributed by atoms with Crippen molar-refractivity contribution in [3.05, 3.63) is 0 Å². The van der Waals surface area contributed by atoms with Crippen LogP contribution in [0, 0.1) is 5.92 Å². The molecule has 58 valence electrons. The summed E-state index contributed by atoms with van der Waals surface area (Å²) in [6.07, 6.45) is 1.31. The largest absolute Gasteiger partial charge is 0.309 e. The van der Waals surface area contributed by atoms with E-state index in [0.717, 1.165) is 5.92 Å². The summed E-state index contributed by atoms with van der Waals surface area (Å²) < 4.78 is 0. The van der Waals surface area contributed by atoms with Gasteiger partial charge in [0.15, 0.2) is 0 Å². The van der Waals surface area contributed by atoms with E-state index in [1.807, 2.05) is 0 Å². The molecule has 0 N–H and O–H groups in total. The maximum absolute atomic E-state index is 2.25. The quantitative estimate of drug-likeness (QED) is 0.597. The standard InChI is InChI=1S/C7H17N.ClH/c1-7(2)5-6-8(3)4;/h7H,5-6H2,1-4H3;1H. The topological polar surface area (TPSA) is 3.24 Å². The maximum Gasteiger partial charge on any atom is -0.00224 e. The molecule has 0 aliphatic heterocycles. The third-order valence-electron chi connectivity index (χ3n) is 1.15. The lowest BCUT2D eigenvalue weighted by atomic mass is 10.1. The number of nitrogens with zero attached hydrogens (tertiary/aromatic N) is 1. The van der Waals surface area contributed by atoms with Crippen LogP contribution in [0.3, 0.4) is 0 Å². The Bertz CT molecular complexity index is 44.9. The van der Waals surface area contributed by atoms with Gasteiger partial charge in [-0.3, -0.25) is 0 Å². The molecule has 0 atom stereocenters. The van der Waals surface area contributed by atoms with E-state index in [4.69, 9.17) is 0 Å². The van der Waals surface area contributed by atoms with Gasteiger partial charge in [-0.25, -0.2) is 0 Å². The number of hydrogen-bond donors (Lipinski definition) is 0. The Hall–Kier alpha value is 0.250. The Kier molecular flexibility index (Phi) is 8.48. The molecule has 0 unspecified atom stereocenters. The van der Waals surface area contributed by atoms with Gasteiger partial charge in [0.25, 0.3) is 0 Å². The highest BCUT2D eigenvalue weighted by atomic mass is 35.5. The van der Waals surface area contributed by atoms with Crippen LogP contribution >= 0.6 is 12.4 Å². The van der Waals surface area contributed by atoms with Crippen LogP contribution in [0.4, 0.5) is 0 Å². The van der Waals surface area contributed by atoms with Gasteiger partial charge in [-0.15, -0.1) is 12.4 Å². The predicted molar refractivity (Wildman–Crippen MR) is 45.3 cm³/mol. The molecule has 1 nitrogen and oxygen atoms in total. The van der Waals surface area contributed by atoms with E-state index in [0.29, 0.717) is 0 Å². The van der Waals surface area contributed by atoms with E-state index < -0.39 is 0 Å². The van der Waals surface area contributed by atoms with Gasteiger partial charge in [-0.1, -0.05) is 13.8 Å². The second-order valence-corrected chi connectivity index (χ2v) is 2.99. The van der Waals surface area contributed by atoms with Gasteiger partial charge in [-0.2, -0.15) is 0 Å². The molecule has 0 aromatic carbocycles. The zero-order chi connectivity index (χ0) is 6.57. The van der Waals surface area contributed by atoms with Gasteiger partial charge >= 0.3 is 0 Å². The van der Waals surface area contributed by atoms with Crippen molar-refractivity contribution in [1.29, 1.82) is 0 Å².